The zero-order valence-corrected chi connectivity index (χ0v) is 11.0. The van der Waals surface area contributed by atoms with E-state index < -0.39 is 0 Å². The normalized spacial score (nSPS) is 25.1. The van der Waals surface area contributed by atoms with Crippen molar-refractivity contribution in [3.05, 3.63) is 12.7 Å². The summed E-state index contributed by atoms with van der Waals surface area (Å²) >= 11 is 1.96. The molecule has 1 unspecified atom stereocenters. The van der Waals surface area contributed by atoms with E-state index in [1.165, 1.54) is 31.4 Å². The Balaban J connectivity index is 2.08. The fourth-order valence-corrected chi connectivity index (χ4v) is 2.97. The van der Waals surface area contributed by atoms with Gasteiger partial charge in [0.1, 0.15) is 0 Å². The van der Waals surface area contributed by atoms with E-state index in [1.807, 2.05) is 17.8 Å². The Bertz CT molecular complexity index is 189. The third-order valence-corrected chi connectivity index (χ3v) is 4.08. The average molecular weight is 227 g/mol. The summed E-state index contributed by atoms with van der Waals surface area (Å²) in [5.41, 5.74) is 0.560. The number of thioether (sulfide) groups is 1. The molecule has 1 aliphatic rings. The number of rotatable bonds is 6. The largest absolute Gasteiger partial charge is 0.313 e. The number of hydrogen-bond donors (Lipinski definition) is 1. The molecule has 0 aromatic rings. The molecule has 88 valence electrons. The van der Waals surface area contributed by atoms with Gasteiger partial charge in [-0.05, 0) is 24.7 Å². The maximum atomic E-state index is 3.73. The van der Waals surface area contributed by atoms with Crippen LogP contribution in [-0.4, -0.2) is 24.1 Å². The van der Waals surface area contributed by atoms with Crippen LogP contribution in [0.15, 0.2) is 12.7 Å². The van der Waals surface area contributed by atoms with Gasteiger partial charge in [0.05, 0.1) is 0 Å². The molecule has 1 N–H and O–H groups in total. The lowest BCUT2D eigenvalue weighted by Crippen LogP contribution is -2.38. The molecule has 0 spiro atoms. The monoisotopic (exact) mass is 227 g/mol. The highest BCUT2D eigenvalue weighted by atomic mass is 32.2. The van der Waals surface area contributed by atoms with Gasteiger partial charge in [-0.15, -0.1) is 6.58 Å². The van der Waals surface area contributed by atoms with Crippen molar-refractivity contribution in [2.24, 2.45) is 5.41 Å². The molecule has 0 heterocycles. The van der Waals surface area contributed by atoms with Gasteiger partial charge in [-0.1, -0.05) is 26.3 Å². The predicted octanol–water partition coefficient (Wildman–Crippen LogP) is 3.46. The molecule has 1 aliphatic carbocycles. The van der Waals surface area contributed by atoms with Gasteiger partial charge in [0.25, 0.3) is 0 Å². The Labute approximate surface area is 99.1 Å². The van der Waals surface area contributed by atoms with Gasteiger partial charge in [0.2, 0.25) is 0 Å². The molecule has 2 heteroatoms. The van der Waals surface area contributed by atoms with Crippen molar-refractivity contribution in [1.82, 2.24) is 5.32 Å². The van der Waals surface area contributed by atoms with Gasteiger partial charge in [-0.3, -0.25) is 0 Å². The molecule has 0 aliphatic heterocycles. The second-order valence-corrected chi connectivity index (χ2v) is 6.43. The first-order valence-electron chi connectivity index (χ1n) is 6.06. The van der Waals surface area contributed by atoms with Gasteiger partial charge in [0, 0.05) is 24.1 Å². The van der Waals surface area contributed by atoms with E-state index >= 15 is 0 Å². The lowest BCUT2D eigenvalue weighted by atomic mass is 9.75. The van der Waals surface area contributed by atoms with E-state index in [9.17, 15) is 0 Å². The first-order valence-corrected chi connectivity index (χ1v) is 7.21. The third-order valence-electron chi connectivity index (χ3n) is 3.12. The summed E-state index contributed by atoms with van der Waals surface area (Å²) in [5, 5.41) is 3.68. The van der Waals surface area contributed by atoms with Crippen LogP contribution in [-0.2, 0) is 0 Å². The molecule has 1 nitrogen and oxygen atoms in total. The van der Waals surface area contributed by atoms with Gasteiger partial charge in [0.15, 0.2) is 0 Å². The molecule has 1 fully saturated rings. The lowest BCUT2D eigenvalue weighted by molar-refractivity contribution is 0.200. The summed E-state index contributed by atoms with van der Waals surface area (Å²) in [4.78, 5) is 0. The van der Waals surface area contributed by atoms with E-state index in [0.29, 0.717) is 5.41 Å². The fraction of sp³-hybridized carbons (Fsp3) is 0.846. The Hall–Kier alpha value is 0.0500. The third kappa shape index (κ3) is 5.62. The molecule has 0 saturated heterocycles. The fourth-order valence-electron chi connectivity index (χ4n) is 2.37. The Kier molecular flexibility index (Phi) is 5.77. The van der Waals surface area contributed by atoms with Crippen LogP contribution in [0.2, 0.25) is 0 Å². The van der Waals surface area contributed by atoms with Gasteiger partial charge >= 0.3 is 0 Å². The SMILES string of the molecule is C=CCSCCNC1CCCC(C)(C)C1. The van der Waals surface area contributed by atoms with Crippen LogP contribution in [0.1, 0.15) is 39.5 Å². The van der Waals surface area contributed by atoms with Crippen LogP contribution in [0, 0.1) is 5.41 Å². The summed E-state index contributed by atoms with van der Waals surface area (Å²) < 4.78 is 0. The van der Waals surface area contributed by atoms with Crippen LogP contribution in [0.25, 0.3) is 0 Å². The predicted molar refractivity (Wildman–Crippen MR) is 71.6 cm³/mol. The Morgan fingerprint density at radius 3 is 3.00 bits per heavy atom. The molecule has 15 heavy (non-hydrogen) atoms. The van der Waals surface area contributed by atoms with Crippen molar-refractivity contribution >= 4 is 11.8 Å². The number of hydrogen-bond acceptors (Lipinski definition) is 2. The quantitative estimate of drug-likeness (QED) is 0.551. The lowest BCUT2D eigenvalue weighted by Gasteiger charge is -2.35. The summed E-state index contributed by atoms with van der Waals surface area (Å²) in [6, 6.07) is 0.762. The van der Waals surface area contributed by atoms with Crippen LogP contribution in [0.5, 0.6) is 0 Å². The van der Waals surface area contributed by atoms with Crippen LogP contribution in [0.4, 0.5) is 0 Å². The minimum Gasteiger partial charge on any atom is -0.313 e. The van der Waals surface area contributed by atoms with Crippen LogP contribution >= 0.6 is 11.8 Å². The molecule has 1 rings (SSSR count). The molecule has 0 aromatic carbocycles. The van der Waals surface area contributed by atoms with E-state index in [2.05, 4.69) is 25.7 Å². The van der Waals surface area contributed by atoms with Crippen molar-refractivity contribution in [2.75, 3.05) is 18.1 Å². The summed E-state index contributed by atoms with van der Waals surface area (Å²) in [7, 11) is 0. The highest BCUT2D eigenvalue weighted by Gasteiger charge is 2.27. The van der Waals surface area contributed by atoms with E-state index in [1.54, 1.807) is 0 Å². The van der Waals surface area contributed by atoms with Crippen molar-refractivity contribution in [2.45, 2.75) is 45.6 Å². The van der Waals surface area contributed by atoms with E-state index in [-0.39, 0.29) is 0 Å². The average Bonchev–Trinajstić information content (AvgIpc) is 2.16. The Morgan fingerprint density at radius 2 is 2.33 bits per heavy atom. The second kappa shape index (κ2) is 6.59. The van der Waals surface area contributed by atoms with Crippen LogP contribution in [0.3, 0.4) is 0 Å². The maximum absolute atomic E-state index is 3.73. The minimum atomic E-state index is 0.560. The summed E-state index contributed by atoms with van der Waals surface area (Å²) in [6.07, 6.45) is 7.49. The molecule has 0 bridgehead atoms. The molecule has 0 radical (unpaired) electrons. The smallest absolute Gasteiger partial charge is 0.0111 e. The van der Waals surface area contributed by atoms with Crippen molar-refractivity contribution in [3.8, 4) is 0 Å². The molecule has 0 aromatic heterocycles. The molecular weight excluding hydrogens is 202 g/mol. The zero-order chi connectivity index (χ0) is 11.1. The van der Waals surface area contributed by atoms with E-state index in [4.69, 9.17) is 0 Å². The van der Waals surface area contributed by atoms with E-state index in [0.717, 1.165) is 18.3 Å². The molecular formula is C13H25NS. The standard InChI is InChI=1S/C13H25NS/c1-4-9-15-10-8-14-12-6-5-7-13(2,3)11-12/h4,12,14H,1,5-11H2,2-3H3. The first kappa shape index (κ1) is 13.1. The highest BCUT2D eigenvalue weighted by Crippen LogP contribution is 2.34. The van der Waals surface area contributed by atoms with Crippen molar-refractivity contribution < 1.29 is 0 Å². The minimum absolute atomic E-state index is 0.560. The summed E-state index contributed by atoms with van der Waals surface area (Å²) in [6.45, 7) is 9.67. The van der Waals surface area contributed by atoms with Crippen LogP contribution < -0.4 is 5.32 Å². The maximum Gasteiger partial charge on any atom is 0.0111 e. The number of nitrogens with one attached hydrogen (secondary N) is 1. The summed E-state index contributed by atoms with van der Waals surface area (Å²) in [5.74, 6) is 2.29. The highest BCUT2D eigenvalue weighted by molar-refractivity contribution is 7.99. The first-order chi connectivity index (χ1) is 7.14. The molecule has 1 atom stereocenters. The zero-order valence-electron chi connectivity index (χ0n) is 10.2. The molecule has 1 saturated carbocycles. The second-order valence-electron chi connectivity index (χ2n) is 5.28. The van der Waals surface area contributed by atoms with Gasteiger partial charge < -0.3 is 5.32 Å². The van der Waals surface area contributed by atoms with Gasteiger partial charge in [-0.2, -0.15) is 11.8 Å². The van der Waals surface area contributed by atoms with Crippen molar-refractivity contribution in [3.63, 3.8) is 0 Å². The topological polar surface area (TPSA) is 12.0 Å². The van der Waals surface area contributed by atoms with Crippen molar-refractivity contribution in [1.29, 1.82) is 0 Å². The van der Waals surface area contributed by atoms with Gasteiger partial charge in [-0.25, -0.2) is 0 Å². The molecule has 0 amide bonds. The Morgan fingerprint density at radius 1 is 1.53 bits per heavy atom.